The van der Waals surface area contributed by atoms with Crippen molar-refractivity contribution >= 4 is 11.9 Å². The van der Waals surface area contributed by atoms with Crippen molar-refractivity contribution in [3.05, 3.63) is 23.7 Å². The number of anilines is 1. The van der Waals surface area contributed by atoms with Gasteiger partial charge < -0.3 is 19.1 Å². The number of aryl methyl sites for hydroxylation is 1. The first-order valence-corrected chi connectivity index (χ1v) is 11.6. The molecule has 31 heavy (non-hydrogen) atoms. The van der Waals surface area contributed by atoms with Crippen molar-refractivity contribution in [2.75, 3.05) is 44.3 Å². The number of carbonyl (C=O) groups is 1. The topological polar surface area (TPSA) is 84.6 Å². The Balaban J connectivity index is 1.45. The Bertz CT molecular complexity index is 918. The summed E-state index contributed by atoms with van der Waals surface area (Å²) in [5.41, 5.74) is 2.69. The molecule has 8 nitrogen and oxygen atoms in total. The second-order valence-electron chi connectivity index (χ2n) is 9.01. The van der Waals surface area contributed by atoms with Gasteiger partial charge in [-0.1, -0.05) is 18.0 Å². The second kappa shape index (κ2) is 8.94. The van der Waals surface area contributed by atoms with Crippen molar-refractivity contribution in [1.29, 1.82) is 0 Å². The number of carbonyl (C=O) groups excluding carboxylic acids is 1. The molecule has 1 atom stereocenters. The van der Waals surface area contributed by atoms with Crippen molar-refractivity contribution in [2.45, 2.75) is 51.4 Å². The molecule has 8 heteroatoms. The van der Waals surface area contributed by atoms with Crippen LogP contribution in [0.3, 0.4) is 0 Å². The molecule has 2 aromatic heterocycles. The summed E-state index contributed by atoms with van der Waals surface area (Å²) in [5, 5.41) is 4.06. The molecular formula is C23H31N5O3. The van der Waals surface area contributed by atoms with Crippen LogP contribution in [-0.2, 0) is 9.53 Å². The van der Waals surface area contributed by atoms with E-state index in [1.165, 1.54) is 12.8 Å². The molecule has 0 N–H and O–H groups in total. The van der Waals surface area contributed by atoms with E-state index in [0.717, 1.165) is 74.8 Å². The minimum absolute atomic E-state index is 0.169. The molecule has 0 spiro atoms. The van der Waals surface area contributed by atoms with Crippen LogP contribution >= 0.6 is 0 Å². The molecule has 5 rings (SSSR count). The van der Waals surface area contributed by atoms with Crippen molar-refractivity contribution in [2.24, 2.45) is 5.92 Å². The van der Waals surface area contributed by atoms with E-state index in [1.807, 2.05) is 19.2 Å². The number of nitrogens with zero attached hydrogens (tertiary/aromatic N) is 5. The Morgan fingerprint density at radius 3 is 2.65 bits per heavy atom. The highest BCUT2D eigenvalue weighted by Gasteiger charge is 2.33. The number of likely N-dealkylation sites (tertiary alicyclic amines) is 1. The Labute approximate surface area is 183 Å². The summed E-state index contributed by atoms with van der Waals surface area (Å²) < 4.78 is 11.1. The van der Waals surface area contributed by atoms with Gasteiger partial charge in [0.25, 0.3) is 0 Å². The lowest BCUT2D eigenvalue weighted by Crippen LogP contribution is -2.42. The molecule has 2 saturated heterocycles. The summed E-state index contributed by atoms with van der Waals surface area (Å²) in [6.07, 6.45) is 8.30. The first-order chi connectivity index (χ1) is 15.2. The van der Waals surface area contributed by atoms with Crippen molar-refractivity contribution in [3.63, 3.8) is 0 Å². The van der Waals surface area contributed by atoms with Gasteiger partial charge in [0.2, 0.25) is 11.9 Å². The monoisotopic (exact) mass is 425 g/mol. The Kier molecular flexibility index (Phi) is 5.89. The minimum Gasteiger partial charge on any atom is -0.378 e. The summed E-state index contributed by atoms with van der Waals surface area (Å²) in [6.45, 7) is 6.44. The predicted molar refractivity (Wildman–Crippen MR) is 116 cm³/mol. The Morgan fingerprint density at radius 1 is 1.10 bits per heavy atom. The maximum atomic E-state index is 13.1. The van der Waals surface area contributed by atoms with Gasteiger partial charge in [-0.05, 0) is 32.6 Å². The molecule has 1 amide bonds. The zero-order chi connectivity index (χ0) is 21.2. The smallest absolute Gasteiger partial charge is 0.225 e. The van der Waals surface area contributed by atoms with Gasteiger partial charge in [0.1, 0.15) is 0 Å². The fraction of sp³-hybridized carbons (Fsp3) is 0.652. The molecule has 3 aliphatic rings. The van der Waals surface area contributed by atoms with Crippen LogP contribution in [0.5, 0.6) is 0 Å². The van der Waals surface area contributed by atoms with E-state index in [4.69, 9.17) is 14.2 Å². The van der Waals surface area contributed by atoms with Crippen LogP contribution in [0, 0.1) is 12.8 Å². The van der Waals surface area contributed by atoms with E-state index in [2.05, 4.69) is 19.9 Å². The van der Waals surface area contributed by atoms with Crippen molar-refractivity contribution < 1.29 is 14.1 Å². The van der Waals surface area contributed by atoms with Crippen LogP contribution in [0.25, 0.3) is 11.3 Å². The van der Waals surface area contributed by atoms with Gasteiger partial charge >= 0.3 is 0 Å². The number of amides is 1. The highest BCUT2D eigenvalue weighted by molar-refractivity contribution is 5.79. The first-order valence-electron chi connectivity index (χ1n) is 11.6. The quantitative estimate of drug-likeness (QED) is 0.744. The second-order valence-corrected chi connectivity index (χ2v) is 9.01. The van der Waals surface area contributed by atoms with Crippen molar-refractivity contribution in [3.8, 4) is 11.3 Å². The molecule has 1 aliphatic carbocycles. The number of hydrogen-bond acceptors (Lipinski definition) is 7. The minimum atomic E-state index is 0.169. The predicted octanol–water partition coefficient (Wildman–Crippen LogP) is 3.17. The zero-order valence-corrected chi connectivity index (χ0v) is 18.3. The van der Waals surface area contributed by atoms with E-state index >= 15 is 0 Å². The molecule has 3 fully saturated rings. The van der Waals surface area contributed by atoms with E-state index in [1.54, 1.807) is 0 Å². The summed E-state index contributed by atoms with van der Waals surface area (Å²) in [6, 6.07) is 1.93. The van der Waals surface area contributed by atoms with Gasteiger partial charge in [-0.2, -0.15) is 0 Å². The fourth-order valence-corrected chi connectivity index (χ4v) is 5.12. The SMILES string of the molecule is Cc1cc(-c2cnc(N3CCOCC3)nc2[C@H]2CCCN(C(=O)C3CCCC3)C2)on1. The summed E-state index contributed by atoms with van der Waals surface area (Å²) >= 11 is 0. The lowest BCUT2D eigenvalue weighted by atomic mass is 9.90. The molecule has 1 saturated carbocycles. The van der Waals surface area contributed by atoms with Gasteiger partial charge in [-0.15, -0.1) is 0 Å². The van der Waals surface area contributed by atoms with Crippen LogP contribution in [0.4, 0.5) is 5.95 Å². The van der Waals surface area contributed by atoms with Gasteiger partial charge in [0.05, 0.1) is 30.2 Å². The van der Waals surface area contributed by atoms with Crippen LogP contribution in [0.15, 0.2) is 16.8 Å². The number of hydrogen-bond donors (Lipinski definition) is 0. The molecule has 2 aromatic rings. The third-order valence-electron chi connectivity index (χ3n) is 6.82. The Morgan fingerprint density at radius 2 is 1.90 bits per heavy atom. The van der Waals surface area contributed by atoms with Gasteiger partial charge in [0, 0.05) is 50.3 Å². The largest absolute Gasteiger partial charge is 0.378 e. The van der Waals surface area contributed by atoms with E-state index in [-0.39, 0.29) is 11.8 Å². The van der Waals surface area contributed by atoms with Gasteiger partial charge in [-0.25, -0.2) is 9.97 Å². The summed E-state index contributed by atoms with van der Waals surface area (Å²) in [7, 11) is 0. The van der Waals surface area contributed by atoms with Crippen LogP contribution in [0.2, 0.25) is 0 Å². The molecule has 0 aromatic carbocycles. The number of morpholine rings is 1. The molecule has 2 aliphatic heterocycles. The molecule has 0 unspecified atom stereocenters. The highest BCUT2D eigenvalue weighted by Crippen LogP contribution is 2.36. The average Bonchev–Trinajstić information content (AvgIpc) is 3.51. The van der Waals surface area contributed by atoms with Gasteiger partial charge in [0.15, 0.2) is 5.76 Å². The molecule has 166 valence electrons. The number of ether oxygens (including phenoxy) is 1. The summed E-state index contributed by atoms with van der Waals surface area (Å²) in [5.74, 6) is 2.14. The maximum Gasteiger partial charge on any atom is 0.225 e. The first kappa shape index (κ1) is 20.4. The lowest BCUT2D eigenvalue weighted by Gasteiger charge is -2.35. The highest BCUT2D eigenvalue weighted by atomic mass is 16.5. The van der Waals surface area contributed by atoms with Crippen LogP contribution in [0.1, 0.15) is 55.8 Å². The number of rotatable bonds is 4. The number of aromatic nitrogens is 3. The fourth-order valence-electron chi connectivity index (χ4n) is 5.12. The molecule has 0 radical (unpaired) electrons. The third kappa shape index (κ3) is 4.31. The van der Waals surface area contributed by atoms with E-state index < -0.39 is 0 Å². The number of piperidine rings is 1. The van der Waals surface area contributed by atoms with Crippen molar-refractivity contribution in [1.82, 2.24) is 20.0 Å². The van der Waals surface area contributed by atoms with Crippen LogP contribution < -0.4 is 4.90 Å². The zero-order valence-electron chi connectivity index (χ0n) is 18.3. The van der Waals surface area contributed by atoms with Crippen LogP contribution in [-0.4, -0.2) is 65.3 Å². The molecular weight excluding hydrogens is 394 g/mol. The lowest BCUT2D eigenvalue weighted by molar-refractivity contribution is -0.136. The van der Waals surface area contributed by atoms with Gasteiger partial charge in [-0.3, -0.25) is 4.79 Å². The maximum absolute atomic E-state index is 13.1. The average molecular weight is 426 g/mol. The van der Waals surface area contributed by atoms with E-state index in [0.29, 0.717) is 24.9 Å². The third-order valence-corrected chi connectivity index (χ3v) is 6.82. The normalized spacial score (nSPS) is 22.8. The Hall–Kier alpha value is -2.48. The summed E-state index contributed by atoms with van der Waals surface area (Å²) in [4.78, 5) is 27.0. The van der Waals surface area contributed by atoms with E-state index in [9.17, 15) is 4.79 Å². The molecule has 4 heterocycles. The standard InChI is InChI=1S/C23H31N5O3/c1-16-13-20(31-26-16)19-14-24-23(27-9-11-30-12-10-27)25-21(19)18-7-4-8-28(15-18)22(29)17-5-2-3-6-17/h13-14,17-18H,2-12,15H2,1H3/t18-/m0/s1. The molecule has 0 bridgehead atoms.